The topological polar surface area (TPSA) is 50.5 Å². The lowest BCUT2D eigenvalue weighted by molar-refractivity contribution is 0.0368. The first-order valence-corrected chi connectivity index (χ1v) is 7.92. The summed E-state index contributed by atoms with van der Waals surface area (Å²) in [5, 5.41) is 3.50. The number of hydrogen-bond acceptors (Lipinski definition) is 4. The first-order chi connectivity index (χ1) is 9.56. The molecule has 110 valence electrons. The fourth-order valence-electron chi connectivity index (χ4n) is 2.31. The van der Waals surface area contributed by atoms with Gasteiger partial charge in [-0.15, -0.1) is 0 Å². The van der Waals surface area contributed by atoms with Gasteiger partial charge in [0.25, 0.3) is 0 Å². The smallest absolute Gasteiger partial charge is 0.105 e. The van der Waals surface area contributed by atoms with Gasteiger partial charge in [0, 0.05) is 41.4 Å². The Kier molecular flexibility index (Phi) is 5.77. The fraction of sp³-hybridized carbons (Fsp3) is 0.500. The van der Waals surface area contributed by atoms with Crippen molar-refractivity contribution in [2.24, 2.45) is 5.73 Å². The van der Waals surface area contributed by atoms with E-state index in [1.54, 1.807) is 0 Å². The first kappa shape index (κ1) is 15.7. The van der Waals surface area contributed by atoms with E-state index in [2.05, 4.69) is 33.1 Å². The van der Waals surface area contributed by atoms with Crippen molar-refractivity contribution in [1.29, 1.82) is 0 Å². The fourth-order valence-corrected chi connectivity index (χ4v) is 3.21. The highest BCUT2D eigenvalue weighted by molar-refractivity contribution is 9.10. The van der Waals surface area contributed by atoms with Crippen LogP contribution in [0.5, 0.6) is 0 Å². The predicted molar refractivity (Wildman–Crippen MR) is 90.4 cm³/mol. The molecule has 0 bridgehead atoms. The molecule has 20 heavy (non-hydrogen) atoms. The number of ether oxygens (including phenoxy) is 1. The van der Waals surface area contributed by atoms with Crippen molar-refractivity contribution in [2.75, 3.05) is 38.2 Å². The number of thiocarbonyl (C=S) groups is 1. The van der Waals surface area contributed by atoms with Crippen LogP contribution in [-0.2, 0) is 4.74 Å². The summed E-state index contributed by atoms with van der Waals surface area (Å²) in [6.07, 6.45) is 0. The van der Waals surface area contributed by atoms with Crippen LogP contribution in [0.1, 0.15) is 12.5 Å². The van der Waals surface area contributed by atoms with E-state index in [1.165, 1.54) is 0 Å². The van der Waals surface area contributed by atoms with Gasteiger partial charge in [-0.25, -0.2) is 0 Å². The molecule has 0 aromatic heterocycles. The van der Waals surface area contributed by atoms with E-state index in [9.17, 15) is 0 Å². The number of benzene rings is 1. The van der Waals surface area contributed by atoms with Crippen molar-refractivity contribution < 1.29 is 4.74 Å². The standard InChI is InChI=1S/C14H20BrN3OS/c1-10(9-18-4-6-19-7-5-18)17-11-2-3-12(14(16)20)13(15)8-11/h2-3,8,10,17H,4-7,9H2,1H3,(H2,16,20). The molecule has 6 heteroatoms. The Morgan fingerprint density at radius 3 is 2.80 bits per heavy atom. The van der Waals surface area contributed by atoms with Gasteiger partial charge in [0.05, 0.1) is 13.2 Å². The Hall–Kier alpha value is -0.690. The third-order valence-corrected chi connectivity index (χ3v) is 4.16. The van der Waals surface area contributed by atoms with Crippen molar-refractivity contribution in [2.45, 2.75) is 13.0 Å². The molecule has 1 aromatic rings. The quantitative estimate of drug-likeness (QED) is 0.791. The lowest BCUT2D eigenvalue weighted by atomic mass is 10.2. The second kappa shape index (κ2) is 7.36. The van der Waals surface area contributed by atoms with E-state index in [1.807, 2.05) is 18.2 Å². The van der Waals surface area contributed by atoms with Gasteiger partial charge in [-0.05, 0) is 41.1 Å². The SMILES string of the molecule is CC(CN1CCOCC1)Nc1ccc(C(N)=S)c(Br)c1. The highest BCUT2D eigenvalue weighted by Crippen LogP contribution is 2.22. The molecule has 1 aromatic carbocycles. The Balaban J connectivity index is 1.92. The number of morpholine rings is 1. The number of nitrogens with zero attached hydrogens (tertiary/aromatic N) is 1. The summed E-state index contributed by atoms with van der Waals surface area (Å²) >= 11 is 8.50. The molecular weight excluding hydrogens is 338 g/mol. The zero-order valence-electron chi connectivity index (χ0n) is 11.6. The van der Waals surface area contributed by atoms with Crippen LogP contribution in [-0.4, -0.2) is 48.8 Å². The predicted octanol–water partition coefficient (Wildman–Crippen LogP) is 2.22. The molecule has 0 saturated carbocycles. The van der Waals surface area contributed by atoms with Crippen molar-refractivity contribution in [3.05, 3.63) is 28.2 Å². The lowest BCUT2D eigenvalue weighted by Gasteiger charge is -2.29. The summed E-state index contributed by atoms with van der Waals surface area (Å²) in [5.41, 5.74) is 7.59. The number of nitrogens with two attached hydrogens (primary N) is 1. The summed E-state index contributed by atoms with van der Waals surface area (Å²) in [6.45, 7) is 6.89. The van der Waals surface area contributed by atoms with Gasteiger partial charge in [-0.3, -0.25) is 4.90 Å². The largest absolute Gasteiger partial charge is 0.389 e. The molecule has 1 saturated heterocycles. The summed E-state index contributed by atoms with van der Waals surface area (Å²) < 4.78 is 6.28. The average Bonchev–Trinajstić information content (AvgIpc) is 2.39. The number of hydrogen-bond donors (Lipinski definition) is 2. The van der Waals surface area contributed by atoms with Crippen molar-refractivity contribution in [3.63, 3.8) is 0 Å². The van der Waals surface area contributed by atoms with Crippen LogP contribution in [0.2, 0.25) is 0 Å². The number of nitrogens with one attached hydrogen (secondary N) is 1. The Morgan fingerprint density at radius 1 is 1.50 bits per heavy atom. The Bertz CT molecular complexity index is 477. The van der Waals surface area contributed by atoms with Crippen LogP contribution < -0.4 is 11.1 Å². The summed E-state index contributed by atoms with van der Waals surface area (Å²) in [5.74, 6) is 0. The summed E-state index contributed by atoms with van der Waals surface area (Å²) in [4.78, 5) is 2.82. The van der Waals surface area contributed by atoms with Crippen LogP contribution in [0.25, 0.3) is 0 Å². The molecule has 0 amide bonds. The average molecular weight is 358 g/mol. The molecule has 0 radical (unpaired) electrons. The minimum Gasteiger partial charge on any atom is -0.389 e. The van der Waals surface area contributed by atoms with Crippen LogP contribution in [0.15, 0.2) is 22.7 Å². The number of halogens is 1. The monoisotopic (exact) mass is 357 g/mol. The zero-order valence-corrected chi connectivity index (χ0v) is 14.0. The van der Waals surface area contributed by atoms with Gasteiger partial charge < -0.3 is 15.8 Å². The third kappa shape index (κ3) is 4.41. The first-order valence-electron chi connectivity index (χ1n) is 6.72. The Labute approximate surface area is 133 Å². The zero-order chi connectivity index (χ0) is 14.5. The lowest BCUT2D eigenvalue weighted by Crippen LogP contribution is -2.42. The maximum absolute atomic E-state index is 5.65. The maximum Gasteiger partial charge on any atom is 0.105 e. The second-order valence-electron chi connectivity index (χ2n) is 5.02. The van der Waals surface area contributed by atoms with Gasteiger partial charge >= 0.3 is 0 Å². The minimum atomic E-state index is 0.371. The molecule has 3 N–H and O–H groups in total. The van der Waals surface area contributed by atoms with Crippen LogP contribution in [0.3, 0.4) is 0 Å². The third-order valence-electron chi connectivity index (χ3n) is 3.28. The van der Waals surface area contributed by atoms with E-state index < -0.39 is 0 Å². The number of rotatable bonds is 5. The van der Waals surface area contributed by atoms with E-state index in [4.69, 9.17) is 22.7 Å². The van der Waals surface area contributed by atoms with E-state index in [-0.39, 0.29) is 0 Å². The van der Waals surface area contributed by atoms with Crippen molar-refractivity contribution >= 4 is 38.8 Å². The van der Waals surface area contributed by atoms with E-state index in [0.717, 1.165) is 48.6 Å². The molecule has 1 atom stereocenters. The highest BCUT2D eigenvalue weighted by atomic mass is 79.9. The van der Waals surface area contributed by atoms with Crippen LogP contribution >= 0.6 is 28.1 Å². The van der Waals surface area contributed by atoms with E-state index >= 15 is 0 Å². The van der Waals surface area contributed by atoms with E-state index in [0.29, 0.717) is 11.0 Å². The molecule has 1 heterocycles. The molecule has 1 aliphatic heterocycles. The molecular formula is C14H20BrN3OS. The van der Waals surface area contributed by atoms with Gasteiger partial charge in [-0.1, -0.05) is 12.2 Å². The molecule has 0 spiro atoms. The molecule has 1 fully saturated rings. The number of anilines is 1. The summed E-state index contributed by atoms with van der Waals surface area (Å²) in [6, 6.07) is 6.34. The highest BCUT2D eigenvalue weighted by Gasteiger charge is 2.14. The van der Waals surface area contributed by atoms with Gasteiger partial charge in [-0.2, -0.15) is 0 Å². The molecule has 1 aliphatic rings. The van der Waals surface area contributed by atoms with Gasteiger partial charge in [0.2, 0.25) is 0 Å². The molecule has 2 rings (SSSR count). The Morgan fingerprint density at radius 2 is 2.20 bits per heavy atom. The van der Waals surface area contributed by atoms with Crippen molar-refractivity contribution in [1.82, 2.24) is 4.90 Å². The van der Waals surface area contributed by atoms with Crippen molar-refractivity contribution in [3.8, 4) is 0 Å². The van der Waals surface area contributed by atoms with Crippen LogP contribution in [0, 0.1) is 0 Å². The minimum absolute atomic E-state index is 0.371. The van der Waals surface area contributed by atoms with Gasteiger partial charge in [0.15, 0.2) is 0 Å². The second-order valence-corrected chi connectivity index (χ2v) is 6.31. The van der Waals surface area contributed by atoms with Crippen LogP contribution in [0.4, 0.5) is 5.69 Å². The molecule has 4 nitrogen and oxygen atoms in total. The van der Waals surface area contributed by atoms with Gasteiger partial charge in [0.1, 0.15) is 4.99 Å². The molecule has 0 aliphatic carbocycles. The molecule has 1 unspecified atom stereocenters. The normalized spacial score (nSPS) is 17.7. The maximum atomic E-state index is 5.65. The summed E-state index contributed by atoms with van der Waals surface area (Å²) in [7, 11) is 0.